The summed E-state index contributed by atoms with van der Waals surface area (Å²) in [6.45, 7) is 4.08. The minimum Gasteiger partial charge on any atom is -0.279 e. The number of rotatable bonds is 6. The number of hydrazone groups is 1. The van der Waals surface area contributed by atoms with Gasteiger partial charge in [-0.05, 0) is 57.4 Å². The lowest BCUT2D eigenvalue weighted by molar-refractivity contribution is 0.887. The average Bonchev–Trinajstić information content (AvgIpc) is 2.34. The number of halogens is 1. The highest BCUT2D eigenvalue weighted by Gasteiger charge is 1.93. The summed E-state index contributed by atoms with van der Waals surface area (Å²) in [7, 11) is 0. The highest BCUT2D eigenvalue weighted by Crippen LogP contribution is 2.13. The van der Waals surface area contributed by atoms with Crippen molar-refractivity contribution in [3.63, 3.8) is 0 Å². The molecule has 2 nitrogen and oxygen atoms in total. The van der Waals surface area contributed by atoms with Crippen molar-refractivity contribution in [2.24, 2.45) is 5.10 Å². The fourth-order valence-electron chi connectivity index (χ4n) is 1.38. The van der Waals surface area contributed by atoms with E-state index < -0.39 is 0 Å². The Morgan fingerprint density at radius 2 is 2.06 bits per heavy atom. The van der Waals surface area contributed by atoms with Gasteiger partial charge in [0.1, 0.15) is 0 Å². The summed E-state index contributed by atoms with van der Waals surface area (Å²) in [5.74, 6) is 0. The van der Waals surface area contributed by atoms with Crippen molar-refractivity contribution in [2.75, 3.05) is 5.43 Å². The molecule has 0 bridgehead atoms. The Morgan fingerprint density at radius 3 is 2.71 bits per heavy atom. The van der Waals surface area contributed by atoms with Gasteiger partial charge in [-0.15, -0.1) is 0 Å². The average molecular weight is 251 g/mol. The molecule has 0 aliphatic heterocycles. The third kappa shape index (κ3) is 6.12. The van der Waals surface area contributed by atoms with Crippen LogP contribution in [-0.2, 0) is 0 Å². The number of unbranched alkanes of at least 4 members (excludes halogenated alkanes) is 1. The summed E-state index contributed by atoms with van der Waals surface area (Å²) >= 11 is 5.80. The van der Waals surface area contributed by atoms with Gasteiger partial charge in [0.2, 0.25) is 0 Å². The predicted molar refractivity (Wildman–Crippen MR) is 76.8 cm³/mol. The third-order valence-corrected chi connectivity index (χ3v) is 2.62. The maximum absolute atomic E-state index is 5.80. The summed E-state index contributed by atoms with van der Waals surface area (Å²) in [5, 5.41) is 5.06. The normalized spacial score (nSPS) is 12.1. The van der Waals surface area contributed by atoms with Gasteiger partial charge in [0.15, 0.2) is 0 Å². The van der Waals surface area contributed by atoms with Crippen molar-refractivity contribution in [3.05, 3.63) is 41.4 Å². The van der Waals surface area contributed by atoms with Crippen LogP contribution in [0.5, 0.6) is 0 Å². The van der Waals surface area contributed by atoms with Crippen LogP contribution in [0.25, 0.3) is 0 Å². The number of nitrogens with zero attached hydrogens (tertiary/aromatic N) is 1. The van der Waals surface area contributed by atoms with Crippen molar-refractivity contribution in [1.82, 2.24) is 0 Å². The van der Waals surface area contributed by atoms with E-state index in [1.165, 1.54) is 0 Å². The van der Waals surface area contributed by atoms with Crippen LogP contribution in [0.2, 0.25) is 5.02 Å². The lowest BCUT2D eigenvalue weighted by Crippen LogP contribution is -1.97. The van der Waals surface area contributed by atoms with E-state index in [4.69, 9.17) is 11.6 Å². The Balaban J connectivity index is 2.34. The molecule has 0 unspecified atom stereocenters. The van der Waals surface area contributed by atoms with Gasteiger partial charge in [0.25, 0.3) is 0 Å². The zero-order chi connectivity index (χ0) is 12.5. The molecule has 0 atom stereocenters. The predicted octanol–water partition coefficient (Wildman–Crippen LogP) is 4.87. The molecule has 1 rings (SSSR count). The molecular weight excluding hydrogens is 232 g/mol. The molecule has 0 radical (unpaired) electrons. The Morgan fingerprint density at radius 1 is 1.35 bits per heavy atom. The number of hydrogen-bond acceptors (Lipinski definition) is 2. The molecule has 1 N–H and O–H groups in total. The van der Waals surface area contributed by atoms with E-state index in [9.17, 15) is 0 Å². The van der Waals surface area contributed by atoms with E-state index in [-0.39, 0.29) is 0 Å². The Bertz CT molecular complexity index is 380. The molecule has 92 valence electrons. The second-order valence-corrected chi connectivity index (χ2v) is 4.36. The number of anilines is 1. The first-order valence-corrected chi connectivity index (χ1v) is 6.26. The van der Waals surface area contributed by atoms with Gasteiger partial charge in [-0.3, -0.25) is 5.43 Å². The minimum atomic E-state index is 0.739. The zero-order valence-electron chi connectivity index (χ0n) is 10.4. The monoisotopic (exact) mass is 250 g/mol. The lowest BCUT2D eigenvalue weighted by atomic mass is 10.2. The van der Waals surface area contributed by atoms with Crippen molar-refractivity contribution >= 4 is 23.0 Å². The molecule has 1 aromatic rings. The summed E-state index contributed by atoms with van der Waals surface area (Å²) in [4.78, 5) is 0. The van der Waals surface area contributed by atoms with Crippen LogP contribution in [-0.4, -0.2) is 5.71 Å². The molecule has 0 aliphatic carbocycles. The molecule has 0 heterocycles. The summed E-state index contributed by atoms with van der Waals surface area (Å²) in [6, 6.07) is 7.53. The second kappa shape index (κ2) is 7.91. The number of hydrogen-bond donors (Lipinski definition) is 1. The van der Waals surface area contributed by atoms with Crippen LogP contribution in [0, 0.1) is 0 Å². The van der Waals surface area contributed by atoms with Crippen molar-refractivity contribution in [2.45, 2.75) is 33.1 Å². The van der Waals surface area contributed by atoms with E-state index >= 15 is 0 Å². The number of allylic oxidation sites excluding steroid dienone is 2. The molecule has 0 aliphatic rings. The van der Waals surface area contributed by atoms with E-state index in [1.807, 2.05) is 38.1 Å². The highest BCUT2D eigenvalue weighted by molar-refractivity contribution is 6.30. The topological polar surface area (TPSA) is 24.4 Å². The van der Waals surface area contributed by atoms with Gasteiger partial charge in [-0.2, -0.15) is 5.10 Å². The van der Waals surface area contributed by atoms with E-state index in [2.05, 4.69) is 22.7 Å². The Kier molecular flexibility index (Phi) is 6.41. The Labute approximate surface area is 108 Å². The van der Waals surface area contributed by atoms with Crippen LogP contribution in [0.3, 0.4) is 0 Å². The van der Waals surface area contributed by atoms with E-state index in [0.717, 1.165) is 35.7 Å². The standard InChI is InChI=1S/C14H19ClN2/c1-3-4-5-6-7-12(2)16-17-14-10-8-13(15)9-11-14/h3-4,8-11,17H,5-7H2,1-2H3/b4-3-,16-12+. The largest absolute Gasteiger partial charge is 0.279 e. The van der Waals surface area contributed by atoms with Crippen molar-refractivity contribution in [1.29, 1.82) is 0 Å². The van der Waals surface area contributed by atoms with Crippen LogP contribution in [0.4, 0.5) is 5.69 Å². The van der Waals surface area contributed by atoms with Crippen LogP contribution in [0.1, 0.15) is 33.1 Å². The second-order valence-electron chi connectivity index (χ2n) is 3.93. The lowest BCUT2D eigenvalue weighted by Gasteiger charge is -2.02. The van der Waals surface area contributed by atoms with Gasteiger partial charge >= 0.3 is 0 Å². The molecular formula is C14H19ClN2. The third-order valence-electron chi connectivity index (χ3n) is 2.37. The number of benzene rings is 1. The molecule has 0 saturated heterocycles. The van der Waals surface area contributed by atoms with E-state index in [1.54, 1.807) is 0 Å². The summed E-state index contributed by atoms with van der Waals surface area (Å²) < 4.78 is 0. The first kappa shape index (κ1) is 13.8. The summed E-state index contributed by atoms with van der Waals surface area (Å²) in [5.41, 5.74) is 5.10. The fraction of sp³-hybridized carbons (Fsp3) is 0.357. The van der Waals surface area contributed by atoms with E-state index in [0.29, 0.717) is 0 Å². The maximum Gasteiger partial charge on any atom is 0.0562 e. The molecule has 1 aromatic carbocycles. The van der Waals surface area contributed by atoms with Gasteiger partial charge < -0.3 is 0 Å². The highest BCUT2D eigenvalue weighted by atomic mass is 35.5. The number of nitrogens with one attached hydrogen (secondary N) is 1. The molecule has 3 heteroatoms. The Hall–Kier alpha value is -1.28. The van der Waals surface area contributed by atoms with Gasteiger partial charge in [0, 0.05) is 10.7 Å². The van der Waals surface area contributed by atoms with Gasteiger partial charge in [0.05, 0.1) is 5.69 Å². The molecule has 0 fully saturated rings. The van der Waals surface area contributed by atoms with Gasteiger partial charge in [-0.1, -0.05) is 23.8 Å². The molecule has 17 heavy (non-hydrogen) atoms. The molecule has 0 spiro atoms. The smallest absolute Gasteiger partial charge is 0.0562 e. The fourth-order valence-corrected chi connectivity index (χ4v) is 1.51. The molecule has 0 saturated carbocycles. The molecule has 0 amide bonds. The van der Waals surface area contributed by atoms with Crippen LogP contribution in [0.15, 0.2) is 41.5 Å². The molecule has 0 aromatic heterocycles. The first-order valence-electron chi connectivity index (χ1n) is 5.88. The zero-order valence-corrected chi connectivity index (χ0v) is 11.2. The first-order chi connectivity index (χ1) is 8.22. The van der Waals surface area contributed by atoms with Gasteiger partial charge in [-0.25, -0.2) is 0 Å². The van der Waals surface area contributed by atoms with Crippen molar-refractivity contribution in [3.8, 4) is 0 Å². The SMILES string of the molecule is C/C=C\CCC/C(C)=N/Nc1ccc(Cl)cc1. The van der Waals surface area contributed by atoms with Crippen LogP contribution >= 0.6 is 11.6 Å². The maximum atomic E-state index is 5.80. The quantitative estimate of drug-likeness (QED) is 0.331. The van der Waals surface area contributed by atoms with Crippen LogP contribution < -0.4 is 5.43 Å². The van der Waals surface area contributed by atoms with Crippen molar-refractivity contribution < 1.29 is 0 Å². The minimum absolute atomic E-state index is 0.739. The summed E-state index contributed by atoms with van der Waals surface area (Å²) in [6.07, 6.45) is 7.54.